The molecule has 2 heterocycles. The fraction of sp³-hybridized carbons (Fsp3) is 0.200. The molecule has 0 spiro atoms. The lowest BCUT2D eigenvalue weighted by molar-refractivity contribution is 0.774. The smallest absolute Gasteiger partial charge is 0.157 e. The largest absolute Gasteiger partial charge is 0.380 e. The first-order valence-corrected chi connectivity index (χ1v) is 7.21. The van der Waals surface area contributed by atoms with Crippen LogP contribution in [0.15, 0.2) is 41.0 Å². The number of benzene rings is 1. The molecule has 0 fully saturated rings. The van der Waals surface area contributed by atoms with Gasteiger partial charge in [-0.3, -0.25) is 4.68 Å². The number of nitrogens with one attached hydrogen (secondary N) is 1. The Morgan fingerprint density at radius 2 is 2.10 bits per heavy atom. The molecule has 2 aromatic heterocycles. The molecule has 0 atom stereocenters. The highest BCUT2D eigenvalue weighted by Crippen LogP contribution is 2.21. The van der Waals surface area contributed by atoms with Crippen LogP contribution >= 0.6 is 15.9 Å². The first-order chi connectivity index (χ1) is 9.65. The van der Waals surface area contributed by atoms with E-state index in [2.05, 4.69) is 43.5 Å². The summed E-state index contributed by atoms with van der Waals surface area (Å²) in [5.74, 6) is 0. The number of pyridine rings is 1. The van der Waals surface area contributed by atoms with E-state index in [1.807, 2.05) is 43.0 Å². The third-order valence-electron chi connectivity index (χ3n) is 3.30. The highest BCUT2D eigenvalue weighted by Gasteiger charge is 2.07. The Morgan fingerprint density at radius 3 is 2.90 bits per heavy atom. The maximum atomic E-state index is 4.46. The minimum atomic E-state index is 0.758. The highest BCUT2D eigenvalue weighted by atomic mass is 79.9. The Bertz CT molecular complexity index is 764. The lowest BCUT2D eigenvalue weighted by atomic mass is 10.2. The van der Waals surface area contributed by atoms with E-state index < -0.39 is 0 Å². The Morgan fingerprint density at radius 1 is 1.30 bits per heavy atom. The molecule has 3 aromatic rings. The summed E-state index contributed by atoms with van der Waals surface area (Å²) in [6, 6.07) is 10.3. The third kappa shape index (κ3) is 2.41. The summed E-state index contributed by atoms with van der Waals surface area (Å²) in [7, 11) is 1.91. The summed E-state index contributed by atoms with van der Waals surface area (Å²) >= 11 is 3.56. The molecule has 102 valence electrons. The fourth-order valence-corrected chi connectivity index (χ4v) is 2.67. The SMILES string of the molecule is Cc1nn(C)c2ncc(NCc3ccccc3Br)cc12. The molecule has 4 nitrogen and oxygen atoms in total. The molecule has 1 N–H and O–H groups in total. The van der Waals surface area contributed by atoms with Crippen LogP contribution in [0.5, 0.6) is 0 Å². The second kappa shape index (κ2) is 5.25. The molecular weight excluding hydrogens is 316 g/mol. The van der Waals surface area contributed by atoms with E-state index in [1.54, 1.807) is 0 Å². The van der Waals surface area contributed by atoms with Gasteiger partial charge < -0.3 is 5.32 Å². The summed E-state index contributed by atoms with van der Waals surface area (Å²) in [5.41, 5.74) is 4.13. The monoisotopic (exact) mass is 330 g/mol. The molecule has 3 rings (SSSR count). The third-order valence-corrected chi connectivity index (χ3v) is 4.08. The van der Waals surface area contributed by atoms with Crippen molar-refractivity contribution in [1.82, 2.24) is 14.8 Å². The van der Waals surface area contributed by atoms with Crippen molar-refractivity contribution in [3.63, 3.8) is 0 Å². The van der Waals surface area contributed by atoms with Gasteiger partial charge in [0.25, 0.3) is 0 Å². The van der Waals surface area contributed by atoms with Gasteiger partial charge in [0.1, 0.15) is 0 Å². The van der Waals surface area contributed by atoms with Gasteiger partial charge >= 0.3 is 0 Å². The van der Waals surface area contributed by atoms with E-state index in [4.69, 9.17) is 0 Å². The van der Waals surface area contributed by atoms with Crippen molar-refractivity contribution in [2.45, 2.75) is 13.5 Å². The number of aryl methyl sites for hydroxylation is 2. The molecule has 0 amide bonds. The molecule has 0 bridgehead atoms. The van der Waals surface area contributed by atoms with E-state index in [0.717, 1.165) is 33.4 Å². The number of rotatable bonds is 3. The molecule has 20 heavy (non-hydrogen) atoms. The van der Waals surface area contributed by atoms with Gasteiger partial charge in [-0.2, -0.15) is 5.10 Å². The standard InChI is InChI=1S/C15H15BrN4/c1-10-13-7-12(9-18-15(13)20(2)19-10)17-8-11-5-3-4-6-14(11)16/h3-7,9,17H,8H2,1-2H3. The maximum Gasteiger partial charge on any atom is 0.157 e. The van der Waals surface area contributed by atoms with E-state index in [9.17, 15) is 0 Å². The number of nitrogens with zero attached hydrogens (tertiary/aromatic N) is 3. The van der Waals surface area contributed by atoms with Gasteiger partial charge in [0.05, 0.1) is 17.6 Å². The Kier molecular flexibility index (Phi) is 3.44. The van der Waals surface area contributed by atoms with Gasteiger partial charge in [-0.25, -0.2) is 4.98 Å². The second-order valence-corrected chi connectivity index (χ2v) is 5.60. The normalized spacial score (nSPS) is 10.9. The summed E-state index contributed by atoms with van der Waals surface area (Å²) in [4.78, 5) is 4.46. The van der Waals surface area contributed by atoms with E-state index in [0.29, 0.717) is 0 Å². The zero-order chi connectivity index (χ0) is 14.1. The number of hydrogen-bond donors (Lipinski definition) is 1. The van der Waals surface area contributed by atoms with Crippen LogP contribution in [0, 0.1) is 6.92 Å². The maximum absolute atomic E-state index is 4.46. The van der Waals surface area contributed by atoms with E-state index in [1.165, 1.54) is 5.56 Å². The minimum Gasteiger partial charge on any atom is -0.380 e. The first-order valence-electron chi connectivity index (χ1n) is 6.42. The Hall–Kier alpha value is -1.88. The quantitative estimate of drug-likeness (QED) is 0.797. The van der Waals surface area contributed by atoms with Crippen molar-refractivity contribution in [2.75, 3.05) is 5.32 Å². The van der Waals surface area contributed by atoms with Gasteiger partial charge in [0.2, 0.25) is 0 Å². The van der Waals surface area contributed by atoms with Crippen molar-refractivity contribution in [2.24, 2.45) is 7.05 Å². The van der Waals surface area contributed by atoms with Crippen LogP contribution in [0.2, 0.25) is 0 Å². The second-order valence-electron chi connectivity index (χ2n) is 4.75. The molecular formula is C15H15BrN4. The number of halogens is 1. The van der Waals surface area contributed by atoms with Crippen molar-refractivity contribution in [3.8, 4) is 0 Å². The predicted molar refractivity (Wildman–Crippen MR) is 84.7 cm³/mol. The van der Waals surface area contributed by atoms with Crippen LogP contribution in [-0.2, 0) is 13.6 Å². The average molecular weight is 331 g/mol. The van der Waals surface area contributed by atoms with Crippen molar-refractivity contribution in [1.29, 1.82) is 0 Å². The number of anilines is 1. The predicted octanol–water partition coefficient (Wildman–Crippen LogP) is 3.65. The first kappa shape index (κ1) is 13.1. The van der Waals surface area contributed by atoms with E-state index in [-0.39, 0.29) is 0 Å². The van der Waals surface area contributed by atoms with Gasteiger partial charge in [-0.15, -0.1) is 0 Å². The fourth-order valence-electron chi connectivity index (χ4n) is 2.24. The van der Waals surface area contributed by atoms with Gasteiger partial charge in [0, 0.05) is 23.5 Å². The van der Waals surface area contributed by atoms with E-state index >= 15 is 0 Å². The summed E-state index contributed by atoms with van der Waals surface area (Å²) in [6.07, 6.45) is 1.85. The zero-order valence-electron chi connectivity index (χ0n) is 11.4. The van der Waals surface area contributed by atoms with Crippen LogP contribution in [0.4, 0.5) is 5.69 Å². The van der Waals surface area contributed by atoms with Crippen molar-refractivity contribution >= 4 is 32.7 Å². The van der Waals surface area contributed by atoms with Crippen LogP contribution in [-0.4, -0.2) is 14.8 Å². The lowest BCUT2D eigenvalue weighted by Gasteiger charge is -2.08. The molecule has 5 heteroatoms. The van der Waals surface area contributed by atoms with Crippen LogP contribution < -0.4 is 5.32 Å². The zero-order valence-corrected chi connectivity index (χ0v) is 13.0. The molecule has 0 aliphatic carbocycles. The molecule has 0 unspecified atom stereocenters. The number of fused-ring (bicyclic) bond motifs is 1. The molecule has 1 aromatic carbocycles. The Balaban J connectivity index is 1.85. The topological polar surface area (TPSA) is 42.7 Å². The number of hydrogen-bond acceptors (Lipinski definition) is 3. The molecule has 0 saturated heterocycles. The van der Waals surface area contributed by atoms with Crippen LogP contribution in [0.25, 0.3) is 11.0 Å². The number of aromatic nitrogens is 3. The van der Waals surface area contributed by atoms with Crippen molar-refractivity contribution in [3.05, 3.63) is 52.3 Å². The highest BCUT2D eigenvalue weighted by molar-refractivity contribution is 9.10. The average Bonchev–Trinajstić information content (AvgIpc) is 2.73. The molecule has 0 aliphatic rings. The minimum absolute atomic E-state index is 0.758. The lowest BCUT2D eigenvalue weighted by Crippen LogP contribution is -2.00. The molecule has 0 aliphatic heterocycles. The summed E-state index contributed by atoms with van der Waals surface area (Å²) in [5, 5.41) is 8.87. The Labute approximate surface area is 126 Å². The summed E-state index contributed by atoms with van der Waals surface area (Å²) < 4.78 is 2.92. The molecule has 0 radical (unpaired) electrons. The van der Waals surface area contributed by atoms with Gasteiger partial charge in [-0.1, -0.05) is 34.1 Å². The van der Waals surface area contributed by atoms with Crippen LogP contribution in [0.1, 0.15) is 11.3 Å². The van der Waals surface area contributed by atoms with Crippen LogP contribution in [0.3, 0.4) is 0 Å². The van der Waals surface area contributed by atoms with Gasteiger partial charge in [0.15, 0.2) is 5.65 Å². The molecule has 0 saturated carbocycles. The summed E-state index contributed by atoms with van der Waals surface area (Å²) in [6.45, 7) is 2.76. The van der Waals surface area contributed by atoms with Gasteiger partial charge in [-0.05, 0) is 24.6 Å². The van der Waals surface area contributed by atoms with Crippen molar-refractivity contribution < 1.29 is 0 Å².